The molecule has 20 heavy (non-hydrogen) atoms. The Bertz CT molecular complexity index is 631. The Morgan fingerprint density at radius 2 is 1.95 bits per heavy atom. The van der Waals surface area contributed by atoms with Crippen molar-refractivity contribution in [3.63, 3.8) is 0 Å². The Balaban J connectivity index is 1.88. The number of ether oxygens (including phenoxy) is 1. The van der Waals surface area contributed by atoms with Gasteiger partial charge in [0.25, 0.3) is 0 Å². The first-order valence-corrected chi connectivity index (χ1v) is 7.07. The normalized spacial score (nSPS) is 17.7. The number of nitrogens with zero attached hydrogens (tertiary/aromatic N) is 1. The van der Waals surface area contributed by atoms with Gasteiger partial charge in [-0.3, -0.25) is 4.99 Å². The van der Waals surface area contributed by atoms with Crippen LogP contribution in [-0.4, -0.2) is 12.3 Å². The second kappa shape index (κ2) is 5.49. The van der Waals surface area contributed by atoms with Crippen LogP contribution in [0.2, 0.25) is 0 Å². The van der Waals surface area contributed by atoms with E-state index in [1.54, 1.807) is 0 Å². The molecule has 3 rings (SSSR count). The average Bonchev–Trinajstić information content (AvgIpc) is 2.87. The molecule has 0 aromatic heterocycles. The summed E-state index contributed by atoms with van der Waals surface area (Å²) in [7, 11) is 0. The van der Waals surface area contributed by atoms with Gasteiger partial charge in [0.1, 0.15) is 5.75 Å². The molecule has 0 radical (unpaired) electrons. The van der Waals surface area contributed by atoms with E-state index in [1.807, 2.05) is 18.2 Å². The Morgan fingerprint density at radius 3 is 2.75 bits per heavy atom. The van der Waals surface area contributed by atoms with Gasteiger partial charge in [-0.2, -0.15) is 0 Å². The van der Waals surface area contributed by atoms with Crippen molar-refractivity contribution in [1.82, 2.24) is 0 Å². The van der Waals surface area contributed by atoms with Crippen LogP contribution in [0.15, 0.2) is 53.5 Å². The lowest BCUT2D eigenvalue weighted by atomic mass is 9.95. The van der Waals surface area contributed by atoms with Crippen LogP contribution in [0.25, 0.3) is 0 Å². The average molecular weight is 265 g/mol. The smallest absolute Gasteiger partial charge is 0.123 e. The van der Waals surface area contributed by atoms with Crippen molar-refractivity contribution >= 4 is 5.71 Å². The molecule has 0 unspecified atom stereocenters. The minimum absolute atomic E-state index is 0.447. The van der Waals surface area contributed by atoms with Crippen molar-refractivity contribution in [1.29, 1.82) is 0 Å². The molecular formula is C18H19NO. The van der Waals surface area contributed by atoms with Crippen LogP contribution in [0.3, 0.4) is 0 Å². The van der Waals surface area contributed by atoms with Gasteiger partial charge in [-0.25, -0.2) is 0 Å². The zero-order valence-electron chi connectivity index (χ0n) is 12.0. The second-order valence-corrected chi connectivity index (χ2v) is 5.32. The van der Waals surface area contributed by atoms with Gasteiger partial charge in [0.05, 0.1) is 13.2 Å². The number of hydrogen-bond donors (Lipinski definition) is 0. The lowest BCUT2D eigenvalue weighted by Gasteiger charge is -2.09. The standard InChI is InChI=1S/C18H19NO/c1-13-12-20-17-10-6-9-16(18(13)17)14(2)19-11-15-7-4-3-5-8-15/h3-10,13H,11-12H2,1-2H3/t13-/m1/s1. The molecule has 1 atom stereocenters. The first kappa shape index (κ1) is 12.9. The van der Waals surface area contributed by atoms with E-state index in [0.29, 0.717) is 5.92 Å². The van der Waals surface area contributed by atoms with Crippen molar-refractivity contribution in [2.75, 3.05) is 6.61 Å². The van der Waals surface area contributed by atoms with Gasteiger partial charge in [-0.05, 0) is 18.6 Å². The van der Waals surface area contributed by atoms with Gasteiger partial charge < -0.3 is 4.74 Å². The molecule has 1 heterocycles. The Hall–Kier alpha value is -2.09. The molecule has 0 saturated carbocycles. The van der Waals surface area contributed by atoms with E-state index in [0.717, 1.165) is 24.6 Å². The molecule has 1 aliphatic rings. The third-order valence-corrected chi connectivity index (χ3v) is 3.78. The molecule has 2 aromatic carbocycles. The number of benzene rings is 2. The summed E-state index contributed by atoms with van der Waals surface area (Å²) in [5, 5.41) is 0. The van der Waals surface area contributed by atoms with Gasteiger partial charge in [0.15, 0.2) is 0 Å². The van der Waals surface area contributed by atoms with Crippen LogP contribution in [-0.2, 0) is 6.54 Å². The maximum Gasteiger partial charge on any atom is 0.123 e. The molecular weight excluding hydrogens is 246 g/mol. The van der Waals surface area contributed by atoms with Crippen LogP contribution >= 0.6 is 0 Å². The third kappa shape index (κ3) is 2.46. The highest BCUT2D eigenvalue weighted by Gasteiger charge is 2.23. The number of rotatable bonds is 3. The third-order valence-electron chi connectivity index (χ3n) is 3.78. The van der Waals surface area contributed by atoms with E-state index in [1.165, 1.54) is 16.7 Å². The Kier molecular flexibility index (Phi) is 3.55. The quantitative estimate of drug-likeness (QED) is 0.762. The summed E-state index contributed by atoms with van der Waals surface area (Å²) in [6, 6.07) is 16.6. The van der Waals surface area contributed by atoms with Crippen molar-refractivity contribution in [3.05, 3.63) is 65.2 Å². The Morgan fingerprint density at radius 1 is 1.15 bits per heavy atom. The Labute approximate surface area is 120 Å². The van der Waals surface area contributed by atoms with E-state index in [-0.39, 0.29) is 0 Å². The van der Waals surface area contributed by atoms with Crippen LogP contribution in [0.4, 0.5) is 0 Å². The largest absolute Gasteiger partial charge is 0.493 e. The van der Waals surface area contributed by atoms with Gasteiger partial charge in [-0.1, -0.05) is 49.4 Å². The van der Waals surface area contributed by atoms with Crippen molar-refractivity contribution in [2.45, 2.75) is 26.3 Å². The highest BCUT2D eigenvalue weighted by atomic mass is 16.5. The fraction of sp³-hybridized carbons (Fsp3) is 0.278. The van der Waals surface area contributed by atoms with E-state index in [2.05, 4.69) is 44.2 Å². The van der Waals surface area contributed by atoms with E-state index >= 15 is 0 Å². The lowest BCUT2D eigenvalue weighted by Crippen LogP contribution is -2.03. The topological polar surface area (TPSA) is 21.6 Å². The van der Waals surface area contributed by atoms with Crippen molar-refractivity contribution in [3.8, 4) is 5.75 Å². The summed E-state index contributed by atoms with van der Waals surface area (Å²) in [6.07, 6.45) is 0. The molecule has 1 aliphatic heterocycles. The molecule has 2 nitrogen and oxygen atoms in total. The van der Waals surface area contributed by atoms with E-state index in [9.17, 15) is 0 Å². The fourth-order valence-corrected chi connectivity index (χ4v) is 2.67. The highest BCUT2D eigenvalue weighted by molar-refractivity contribution is 6.00. The van der Waals surface area contributed by atoms with E-state index in [4.69, 9.17) is 9.73 Å². The first-order valence-electron chi connectivity index (χ1n) is 7.07. The molecule has 0 fully saturated rings. The molecule has 0 spiro atoms. The molecule has 0 N–H and O–H groups in total. The van der Waals surface area contributed by atoms with Gasteiger partial charge in [0, 0.05) is 22.8 Å². The van der Waals surface area contributed by atoms with Crippen LogP contribution in [0.5, 0.6) is 5.75 Å². The van der Waals surface area contributed by atoms with Crippen LogP contribution in [0.1, 0.15) is 36.5 Å². The van der Waals surface area contributed by atoms with Crippen molar-refractivity contribution in [2.24, 2.45) is 4.99 Å². The number of hydrogen-bond acceptors (Lipinski definition) is 2. The molecule has 0 aliphatic carbocycles. The SMILES string of the molecule is CC(=NCc1ccccc1)c1cccc2c1[C@H](C)CO2. The molecule has 0 saturated heterocycles. The summed E-state index contributed by atoms with van der Waals surface area (Å²) in [5.41, 5.74) is 4.86. The highest BCUT2D eigenvalue weighted by Crippen LogP contribution is 2.36. The summed E-state index contributed by atoms with van der Waals surface area (Å²) in [5.74, 6) is 1.47. The van der Waals surface area contributed by atoms with Crippen LogP contribution in [0, 0.1) is 0 Å². The maximum absolute atomic E-state index is 5.71. The zero-order valence-corrected chi connectivity index (χ0v) is 12.0. The number of fused-ring (bicyclic) bond motifs is 1. The predicted molar refractivity (Wildman–Crippen MR) is 82.7 cm³/mol. The summed E-state index contributed by atoms with van der Waals surface area (Å²) < 4.78 is 5.71. The summed E-state index contributed by atoms with van der Waals surface area (Å²) in [6.45, 7) is 5.80. The first-order chi connectivity index (χ1) is 9.75. The monoisotopic (exact) mass is 265 g/mol. The second-order valence-electron chi connectivity index (χ2n) is 5.32. The van der Waals surface area contributed by atoms with Crippen LogP contribution < -0.4 is 4.74 Å². The molecule has 0 amide bonds. The minimum Gasteiger partial charge on any atom is -0.493 e. The summed E-state index contributed by atoms with van der Waals surface area (Å²) >= 11 is 0. The maximum atomic E-state index is 5.71. The molecule has 0 bridgehead atoms. The van der Waals surface area contributed by atoms with E-state index < -0.39 is 0 Å². The lowest BCUT2D eigenvalue weighted by molar-refractivity contribution is 0.337. The zero-order chi connectivity index (χ0) is 13.9. The minimum atomic E-state index is 0.447. The van der Waals surface area contributed by atoms with Gasteiger partial charge in [0.2, 0.25) is 0 Å². The van der Waals surface area contributed by atoms with Gasteiger partial charge in [-0.15, -0.1) is 0 Å². The molecule has 2 heteroatoms. The molecule has 2 aromatic rings. The summed E-state index contributed by atoms with van der Waals surface area (Å²) in [4.78, 5) is 4.74. The number of aliphatic imine (C=N–C) groups is 1. The molecule has 102 valence electrons. The van der Waals surface area contributed by atoms with Gasteiger partial charge >= 0.3 is 0 Å². The predicted octanol–water partition coefficient (Wildman–Crippen LogP) is 4.19. The fourth-order valence-electron chi connectivity index (χ4n) is 2.67. The van der Waals surface area contributed by atoms with Crippen molar-refractivity contribution < 1.29 is 4.74 Å².